The Morgan fingerprint density at radius 3 is 2.24 bits per heavy atom. The smallest absolute Gasteiger partial charge is 0.0887 e. The molecule has 0 aliphatic rings. The lowest BCUT2D eigenvalue weighted by Gasteiger charge is -2.08. The van der Waals surface area contributed by atoms with Crippen LogP contribution < -0.4 is 0 Å². The van der Waals surface area contributed by atoms with Gasteiger partial charge in [-0.25, -0.2) is 0 Å². The lowest BCUT2D eigenvalue weighted by molar-refractivity contribution is 1.23. The maximum absolute atomic E-state index is 6.01. The van der Waals surface area contributed by atoms with Crippen LogP contribution in [0.5, 0.6) is 0 Å². The predicted molar refractivity (Wildman–Crippen MR) is 84.3 cm³/mol. The molecule has 0 aliphatic carbocycles. The van der Waals surface area contributed by atoms with Crippen molar-refractivity contribution in [3.05, 3.63) is 53.6 Å². The Bertz CT molecular complexity index is 534. The Hall–Kier alpha value is 0.750. The number of alkyl halides is 1. The van der Waals surface area contributed by atoms with Gasteiger partial charge in [0.15, 0.2) is 0 Å². The van der Waals surface area contributed by atoms with Crippen LogP contribution in [0.4, 0.5) is 0 Å². The highest BCUT2D eigenvalue weighted by atomic mass is 79.9. The standard InChI is InChI=1S/C11H5Br2Cl3S/c12-10(9-4-8(16)11(13)17-9)5-1-2-6(14)7(15)3-5/h1-4,10H. The van der Waals surface area contributed by atoms with Crippen LogP contribution in [-0.2, 0) is 0 Å². The second-order valence-corrected chi connectivity index (χ2v) is 7.85. The molecule has 6 heteroatoms. The molecule has 0 radical (unpaired) electrons. The summed E-state index contributed by atoms with van der Waals surface area (Å²) in [6.07, 6.45) is 0. The molecule has 0 saturated carbocycles. The first kappa shape index (κ1) is 14.2. The van der Waals surface area contributed by atoms with Gasteiger partial charge in [-0.05, 0) is 39.7 Å². The summed E-state index contributed by atoms with van der Waals surface area (Å²) in [5, 5.41) is 1.82. The van der Waals surface area contributed by atoms with Crippen LogP contribution in [-0.4, -0.2) is 0 Å². The van der Waals surface area contributed by atoms with Crippen molar-refractivity contribution in [1.82, 2.24) is 0 Å². The molecule has 1 unspecified atom stereocenters. The molecule has 1 aromatic heterocycles. The van der Waals surface area contributed by atoms with Gasteiger partial charge in [-0.1, -0.05) is 56.8 Å². The maximum atomic E-state index is 6.01. The Morgan fingerprint density at radius 1 is 1.00 bits per heavy atom. The molecule has 0 amide bonds. The zero-order valence-corrected chi connectivity index (χ0v) is 14.4. The van der Waals surface area contributed by atoms with E-state index in [4.69, 9.17) is 34.8 Å². The molecular weight excluding hydrogens is 430 g/mol. The third-order valence-corrected chi connectivity index (χ3v) is 6.75. The van der Waals surface area contributed by atoms with Crippen LogP contribution >= 0.6 is 78.0 Å². The van der Waals surface area contributed by atoms with E-state index in [1.54, 1.807) is 17.4 Å². The minimum Gasteiger partial charge on any atom is -0.130 e. The number of benzene rings is 1. The molecule has 0 aliphatic heterocycles. The monoisotopic (exact) mass is 432 g/mol. The van der Waals surface area contributed by atoms with E-state index in [0.717, 1.165) is 19.2 Å². The van der Waals surface area contributed by atoms with E-state index in [2.05, 4.69) is 31.9 Å². The largest absolute Gasteiger partial charge is 0.130 e. The van der Waals surface area contributed by atoms with Crippen molar-refractivity contribution in [2.45, 2.75) is 4.83 Å². The molecule has 0 bridgehead atoms. The third kappa shape index (κ3) is 3.20. The van der Waals surface area contributed by atoms with E-state index < -0.39 is 0 Å². The van der Waals surface area contributed by atoms with Gasteiger partial charge in [0.1, 0.15) is 0 Å². The van der Waals surface area contributed by atoms with Crippen molar-refractivity contribution in [3.63, 3.8) is 0 Å². The molecule has 0 nitrogen and oxygen atoms in total. The van der Waals surface area contributed by atoms with Gasteiger partial charge in [-0.15, -0.1) is 11.3 Å². The summed E-state index contributed by atoms with van der Waals surface area (Å²) in [5.41, 5.74) is 1.05. The molecule has 90 valence electrons. The van der Waals surface area contributed by atoms with E-state index in [0.29, 0.717) is 10.0 Å². The van der Waals surface area contributed by atoms with Gasteiger partial charge in [-0.3, -0.25) is 0 Å². The molecule has 1 heterocycles. The normalized spacial score (nSPS) is 12.8. The van der Waals surface area contributed by atoms with Gasteiger partial charge in [0.05, 0.1) is 23.7 Å². The fourth-order valence-corrected chi connectivity index (χ4v) is 4.08. The van der Waals surface area contributed by atoms with Crippen molar-refractivity contribution in [2.24, 2.45) is 0 Å². The number of hydrogen-bond acceptors (Lipinski definition) is 1. The van der Waals surface area contributed by atoms with Gasteiger partial charge < -0.3 is 0 Å². The fourth-order valence-electron chi connectivity index (χ4n) is 1.32. The van der Waals surface area contributed by atoms with Crippen LogP contribution in [0.2, 0.25) is 15.1 Å². The van der Waals surface area contributed by atoms with Crippen LogP contribution in [0.1, 0.15) is 15.3 Å². The topological polar surface area (TPSA) is 0 Å². The molecule has 17 heavy (non-hydrogen) atoms. The van der Waals surface area contributed by atoms with Gasteiger partial charge >= 0.3 is 0 Å². The Balaban J connectivity index is 2.36. The second kappa shape index (κ2) is 5.81. The Kier molecular flexibility index (Phi) is 4.84. The van der Waals surface area contributed by atoms with Crippen molar-refractivity contribution >= 4 is 78.0 Å². The third-order valence-electron chi connectivity index (χ3n) is 2.15. The van der Waals surface area contributed by atoms with E-state index >= 15 is 0 Å². The zero-order valence-electron chi connectivity index (χ0n) is 8.18. The van der Waals surface area contributed by atoms with Crippen molar-refractivity contribution in [1.29, 1.82) is 0 Å². The van der Waals surface area contributed by atoms with Crippen LogP contribution in [0, 0.1) is 0 Å². The van der Waals surface area contributed by atoms with Crippen LogP contribution in [0.15, 0.2) is 28.1 Å². The van der Waals surface area contributed by atoms with E-state index in [1.165, 1.54) is 0 Å². The number of hydrogen-bond donors (Lipinski definition) is 0. The highest BCUT2D eigenvalue weighted by Gasteiger charge is 2.16. The molecule has 1 atom stereocenters. The van der Waals surface area contributed by atoms with Gasteiger partial charge in [-0.2, -0.15) is 0 Å². The number of thiophene rings is 1. The predicted octanol–water partition coefficient (Wildman–Crippen LogP) is 6.96. The number of halogens is 5. The van der Waals surface area contributed by atoms with Gasteiger partial charge in [0.2, 0.25) is 0 Å². The fraction of sp³-hybridized carbons (Fsp3) is 0.0909. The summed E-state index contributed by atoms with van der Waals surface area (Å²) >= 11 is 26.5. The van der Waals surface area contributed by atoms with E-state index in [1.807, 2.05) is 18.2 Å². The van der Waals surface area contributed by atoms with E-state index in [9.17, 15) is 0 Å². The summed E-state index contributed by atoms with van der Waals surface area (Å²) in [6.45, 7) is 0. The van der Waals surface area contributed by atoms with Crippen molar-refractivity contribution in [3.8, 4) is 0 Å². The summed E-state index contributed by atoms with van der Waals surface area (Å²) in [6, 6.07) is 7.51. The lowest BCUT2D eigenvalue weighted by Crippen LogP contribution is -1.89. The first-order chi connectivity index (χ1) is 7.99. The first-order valence-electron chi connectivity index (χ1n) is 4.53. The van der Waals surface area contributed by atoms with E-state index in [-0.39, 0.29) is 4.83 Å². The summed E-state index contributed by atoms with van der Waals surface area (Å²) < 4.78 is 0.929. The molecule has 0 saturated heterocycles. The molecular formula is C11H5Br2Cl3S. The summed E-state index contributed by atoms with van der Waals surface area (Å²) in [5.74, 6) is 0. The molecule has 2 aromatic rings. The minimum absolute atomic E-state index is 0.0612. The number of rotatable bonds is 2. The molecule has 0 spiro atoms. The highest BCUT2D eigenvalue weighted by Crippen LogP contribution is 2.42. The molecule has 1 aromatic carbocycles. The van der Waals surface area contributed by atoms with Crippen LogP contribution in [0.25, 0.3) is 0 Å². The Morgan fingerprint density at radius 2 is 1.71 bits per heavy atom. The lowest BCUT2D eigenvalue weighted by atomic mass is 10.1. The molecule has 0 fully saturated rings. The average Bonchev–Trinajstić information content (AvgIpc) is 2.62. The molecule has 0 N–H and O–H groups in total. The molecule has 2 rings (SSSR count). The average molecular weight is 435 g/mol. The SMILES string of the molecule is Clc1ccc(C(Br)c2cc(Cl)c(Br)s2)cc1Cl. The van der Waals surface area contributed by atoms with Crippen LogP contribution in [0.3, 0.4) is 0 Å². The summed E-state index contributed by atoms with van der Waals surface area (Å²) in [7, 11) is 0. The zero-order chi connectivity index (χ0) is 12.6. The Labute approximate surface area is 135 Å². The van der Waals surface area contributed by atoms with Gasteiger partial charge in [0, 0.05) is 4.88 Å². The quantitative estimate of drug-likeness (QED) is 0.448. The van der Waals surface area contributed by atoms with Crippen molar-refractivity contribution < 1.29 is 0 Å². The first-order valence-corrected chi connectivity index (χ1v) is 8.18. The minimum atomic E-state index is 0.0612. The van der Waals surface area contributed by atoms with Gasteiger partial charge in [0.25, 0.3) is 0 Å². The maximum Gasteiger partial charge on any atom is 0.0887 e. The summed E-state index contributed by atoms with van der Waals surface area (Å²) in [4.78, 5) is 1.17. The van der Waals surface area contributed by atoms with Crippen molar-refractivity contribution in [2.75, 3.05) is 0 Å². The highest BCUT2D eigenvalue weighted by molar-refractivity contribution is 9.11. The second-order valence-electron chi connectivity index (χ2n) is 3.31.